The van der Waals surface area contributed by atoms with Gasteiger partial charge in [-0.3, -0.25) is 0 Å². The van der Waals surface area contributed by atoms with Crippen LogP contribution in [0.2, 0.25) is 0 Å². The van der Waals surface area contributed by atoms with Crippen molar-refractivity contribution in [3.8, 4) is 0 Å². The lowest BCUT2D eigenvalue weighted by Crippen LogP contribution is -2.05. The molecule has 74 valence electrons. The minimum absolute atomic E-state index is 0.267. The summed E-state index contributed by atoms with van der Waals surface area (Å²) >= 11 is 0. The number of aryl methyl sites for hydroxylation is 1. The Kier molecular flexibility index (Phi) is 2.30. The zero-order valence-electron chi connectivity index (χ0n) is 7.87. The average Bonchev–Trinajstić information content (AvgIpc) is 2.58. The summed E-state index contributed by atoms with van der Waals surface area (Å²) in [5.41, 5.74) is 1.77. The molecule has 0 saturated heterocycles. The molecular weight excluding hydrogens is 183 g/mol. The maximum Gasteiger partial charge on any atom is 0.154 e. The number of anilines is 1. The van der Waals surface area contributed by atoms with Crippen molar-refractivity contribution in [3.63, 3.8) is 0 Å². The predicted molar refractivity (Wildman–Crippen MR) is 53.0 cm³/mol. The minimum Gasteiger partial charge on any atom is -0.366 e. The molecule has 0 fully saturated rings. The van der Waals surface area contributed by atoms with Crippen LogP contribution in [0, 0.1) is 0 Å². The van der Waals surface area contributed by atoms with Crippen molar-refractivity contribution in [2.75, 3.05) is 18.5 Å². The third kappa shape index (κ3) is 1.41. The largest absolute Gasteiger partial charge is 0.366 e. The molecule has 0 bridgehead atoms. The number of aromatic nitrogens is 3. The van der Waals surface area contributed by atoms with Crippen molar-refractivity contribution < 1.29 is 4.39 Å². The molecule has 2 rings (SSSR count). The lowest BCUT2D eigenvalue weighted by Gasteiger charge is -2.02. The van der Waals surface area contributed by atoms with Gasteiger partial charge in [-0.25, -0.2) is 14.4 Å². The SMILES string of the molecule is Cn1cnc2c(NCCF)nccc21. The van der Waals surface area contributed by atoms with E-state index in [-0.39, 0.29) is 6.54 Å². The number of nitrogens with one attached hydrogen (secondary N) is 1. The highest BCUT2D eigenvalue weighted by molar-refractivity contribution is 5.85. The smallest absolute Gasteiger partial charge is 0.154 e. The predicted octanol–water partition coefficient (Wildman–Crippen LogP) is 1.35. The van der Waals surface area contributed by atoms with Crippen LogP contribution in [0.5, 0.6) is 0 Å². The van der Waals surface area contributed by atoms with E-state index >= 15 is 0 Å². The van der Waals surface area contributed by atoms with Gasteiger partial charge in [0.1, 0.15) is 12.2 Å². The standard InChI is InChI=1S/C9H11FN4/c1-14-6-13-8-7(14)2-4-11-9(8)12-5-3-10/h2,4,6H,3,5H2,1H3,(H,11,12). The van der Waals surface area contributed by atoms with E-state index in [9.17, 15) is 4.39 Å². The fourth-order valence-corrected chi connectivity index (χ4v) is 1.36. The lowest BCUT2D eigenvalue weighted by atomic mass is 10.4. The molecule has 2 aromatic heterocycles. The van der Waals surface area contributed by atoms with Crippen molar-refractivity contribution in [2.24, 2.45) is 7.05 Å². The third-order valence-electron chi connectivity index (χ3n) is 2.03. The first kappa shape index (κ1) is 8.93. The number of fused-ring (bicyclic) bond motifs is 1. The van der Waals surface area contributed by atoms with Crippen molar-refractivity contribution in [1.29, 1.82) is 0 Å². The highest BCUT2D eigenvalue weighted by atomic mass is 19.1. The van der Waals surface area contributed by atoms with Crippen LogP contribution in [0.25, 0.3) is 11.0 Å². The Morgan fingerprint density at radius 3 is 3.14 bits per heavy atom. The molecule has 0 aliphatic carbocycles. The van der Waals surface area contributed by atoms with Gasteiger partial charge < -0.3 is 9.88 Å². The second-order valence-corrected chi connectivity index (χ2v) is 3.00. The Labute approximate surface area is 80.8 Å². The third-order valence-corrected chi connectivity index (χ3v) is 2.03. The maximum atomic E-state index is 12.0. The second-order valence-electron chi connectivity index (χ2n) is 3.00. The van der Waals surface area contributed by atoms with Gasteiger partial charge in [-0.15, -0.1) is 0 Å². The van der Waals surface area contributed by atoms with E-state index in [1.165, 1.54) is 0 Å². The number of hydrogen-bond acceptors (Lipinski definition) is 3. The van der Waals surface area contributed by atoms with Crippen molar-refractivity contribution in [1.82, 2.24) is 14.5 Å². The number of imidazole rings is 1. The number of halogens is 1. The molecule has 5 heteroatoms. The van der Waals surface area contributed by atoms with Gasteiger partial charge in [0.15, 0.2) is 5.82 Å². The van der Waals surface area contributed by atoms with E-state index in [1.807, 2.05) is 17.7 Å². The molecule has 0 amide bonds. The lowest BCUT2D eigenvalue weighted by molar-refractivity contribution is 0.512. The van der Waals surface area contributed by atoms with Gasteiger partial charge in [0, 0.05) is 19.8 Å². The molecule has 0 atom stereocenters. The van der Waals surface area contributed by atoms with Gasteiger partial charge in [-0.05, 0) is 6.07 Å². The van der Waals surface area contributed by atoms with Gasteiger partial charge >= 0.3 is 0 Å². The van der Waals surface area contributed by atoms with E-state index in [0.717, 1.165) is 11.0 Å². The number of rotatable bonds is 3. The summed E-state index contributed by atoms with van der Waals surface area (Å²) in [4.78, 5) is 8.29. The molecule has 0 radical (unpaired) electrons. The Balaban J connectivity index is 2.44. The first-order valence-electron chi connectivity index (χ1n) is 4.39. The summed E-state index contributed by atoms with van der Waals surface area (Å²) in [6, 6.07) is 1.88. The molecule has 4 nitrogen and oxygen atoms in total. The van der Waals surface area contributed by atoms with Crippen LogP contribution >= 0.6 is 0 Å². The fourth-order valence-electron chi connectivity index (χ4n) is 1.36. The van der Waals surface area contributed by atoms with Gasteiger partial charge in [0.05, 0.1) is 11.8 Å². The quantitative estimate of drug-likeness (QED) is 0.802. The number of hydrogen-bond donors (Lipinski definition) is 1. The Morgan fingerprint density at radius 1 is 1.50 bits per heavy atom. The highest BCUT2D eigenvalue weighted by Gasteiger charge is 2.05. The summed E-state index contributed by atoms with van der Waals surface area (Å²) in [6.07, 6.45) is 3.40. The van der Waals surface area contributed by atoms with Crippen LogP contribution in [0.15, 0.2) is 18.6 Å². The summed E-state index contributed by atoms with van der Waals surface area (Å²) in [5.74, 6) is 0.640. The van der Waals surface area contributed by atoms with Crippen LogP contribution in [0.1, 0.15) is 0 Å². The monoisotopic (exact) mass is 194 g/mol. The van der Waals surface area contributed by atoms with Crippen LogP contribution in [-0.2, 0) is 7.05 Å². The average molecular weight is 194 g/mol. The molecule has 0 spiro atoms. The molecule has 2 heterocycles. The Morgan fingerprint density at radius 2 is 2.36 bits per heavy atom. The van der Waals surface area contributed by atoms with Crippen molar-refractivity contribution in [3.05, 3.63) is 18.6 Å². The summed E-state index contributed by atoms with van der Waals surface area (Å²) < 4.78 is 13.9. The van der Waals surface area contributed by atoms with E-state index in [0.29, 0.717) is 5.82 Å². The zero-order chi connectivity index (χ0) is 9.97. The minimum atomic E-state index is -0.412. The van der Waals surface area contributed by atoms with E-state index < -0.39 is 6.67 Å². The molecule has 0 aliphatic heterocycles. The summed E-state index contributed by atoms with van der Waals surface area (Å²) in [5, 5.41) is 2.89. The van der Waals surface area contributed by atoms with Crippen LogP contribution in [0.4, 0.5) is 10.2 Å². The van der Waals surface area contributed by atoms with E-state index in [2.05, 4.69) is 15.3 Å². The van der Waals surface area contributed by atoms with E-state index in [4.69, 9.17) is 0 Å². The number of nitrogens with zero attached hydrogens (tertiary/aromatic N) is 3. The molecule has 2 aromatic rings. The van der Waals surface area contributed by atoms with Crippen LogP contribution in [0.3, 0.4) is 0 Å². The van der Waals surface area contributed by atoms with E-state index in [1.54, 1.807) is 12.5 Å². The van der Waals surface area contributed by atoms with Gasteiger partial charge in [-0.1, -0.05) is 0 Å². The molecule has 0 aromatic carbocycles. The molecular formula is C9H11FN4. The first-order valence-corrected chi connectivity index (χ1v) is 4.39. The topological polar surface area (TPSA) is 42.7 Å². The number of alkyl halides is 1. The fraction of sp³-hybridized carbons (Fsp3) is 0.333. The summed E-state index contributed by atoms with van der Waals surface area (Å²) in [7, 11) is 1.91. The van der Waals surface area contributed by atoms with Gasteiger partial charge in [0.25, 0.3) is 0 Å². The first-order chi connectivity index (χ1) is 6.83. The van der Waals surface area contributed by atoms with Crippen LogP contribution < -0.4 is 5.32 Å². The summed E-state index contributed by atoms with van der Waals surface area (Å²) in [6.45, 7) is -0.145. The molecule has 0 saturated carbocycles. The molecule has 1 N–H and O–H groups in total. The maximum absolute atomic E-state index is 12.0. The highest BCUT2D eigenvalue weighted by Crippen LogP contribution is 2.17. The Hall–Kier alpha value is -1.65. The zero-order valence-corrected chi connectivity index (χ0v) is 7.87. The van der Waals surface area contributed by atoms with Crippen molar-refractivity contribution in [2.45, 2.75) is 0 Å². The normalized spacial score (nSPS) is 10.7. The molecule has 0 aliphatic rings. The van der Waals surface area contributed by atoms with Crippen LogP contribution in [-0.4, -0.2) is 27.8 Å². The second kappa shape index (κ2) is 3.61. The van der Waals surface area contributed by atoms with Crippen molar-refractivity contribution >= 4 is 16.9 Å². The van der Waals surface area contributed by atoms with Gasteiger partial charge in [0.2, 0.25) is 0 Å². The van der Waals surface area contributed by atoms with Gasteiger partial charge in [-0.2, -0.15) is 0 Å². The Bertz CT molecular complexity index is 437. The number of pyridine rings is 1. The molecule has 0 unspecified atom stereocenters. The molecule has 14 heavy (non-hydrogen) atoms.